The van der Waals surface area contributed by atoms with Crippen LogP contribution in [0.4, 0.5) is 0 Å². The van der Waals surface area contributed by atoms with Gasteiger partial charge in [0.25, 0.3) is 0 Å². The van der Waals surface area contributed by atoms with E-state index < -0.39 is 11.9 Å². The molecular weight excluding hydrogens is 388 g/mol. The van der Waals surface area contributed by atoms with Crippen LogP contribution < -0.4 is 10.6 Å². The first kappa shape index (κ1) is 27.4. The van der Waals surface area contributed by atoms with Crippen LogP contribution in [0.15, 0.2) is 23.5 Å². The van der Waals surface area contributed by atoms with E-state index in [0.717, 1.165) is 51.4 Å². The zero-order chi connectivity index (χ0) is 22.8. The highest BCUT2D eigenvalue weighted by molar-refractivity contribution is 5.93. The second-order valence-corrected chi connectivity index (χ2v) is 6.99. The minimum absolute atomic E-state index is 0.202. The van der Waals surface area contributed by atoms with Gasteiger partial charge in [0.15, 0.2) is 0 Å². The molecule has 8 heteroatoms. The summed E-state index contributed by atoms with van der Waals surface area (Å²) in [6.07, 6.45) is 13.4. The highest BCUT2D eigenvalue weighted by Crippen LogP contribution is 2.12. The summed E-state index contributed by atoms with van der Waals surface area (Å²) < 4.78 is 9.29. The van der Waals surface area contributed by atoms with E-state index in [1.54, 1.807) is 12.2 Å². The van der Waals surface area contributed by atoms with Gasteiger partial charge < -0.3 is 20.1 Å². The maximum atomic E-state index is 11.5. The van der Waals surface area contributed by atoms with Gasteiger partial charge in [0, 0.05) is 13.8 Å². The van der Waals surface area contributed by atoms with Gasteiger partial charge in [-0.25, -0.2) is 9.59 Å². The molecule has 0 atom stereocenters. The number of methoxy groups -OCH3 is 2. The highest BCUT2D eigenvalue weighted by Gasteiger charge is 2.10. The zero-order valence-corrected chi connectivity index (χ0v) is 18.7. The second-order valence-electron chi connectivity index (χ2n) is 6.99. The van der Waals surface area contributed by atoms with Crippen LogP contribution in [0.2, 0.25) is 0 Å². The number of nitrogens with one attached hydrogen (secondary N) is 2. The standard InChI is InChI=1S/C22H36N2O6/c1-17(25)23-19(21(27)29-3)15-13-11-9-7-5-6-8-10-12-14-16-20(22(28)30-4)24-18(2)26/h15-16H,5-14H2,1-4H3,(H,23,25)(H,24,26)/b19-15-,20-16-. The molecule has 0 saturated heterocycles. The van der Waals surface area contributed by atoms with Gasteiger partial charge in [-0.3, -0.25) is 9.59 Å². The fourth-order valence-electron chi connectivity index (χ4n) is 2.81. The average molecular weight is 425 g/mol. The van der Waals surface area contributed by atoms with E-state index in [1.807, 2.05) is 0 Å². The van der Waals surface area contributed by atoms with Gasteiger partial charge in [0.05, 0.1) is 14.2 Å². The van der Waals surface area contributed by atoms with Crippen molar-refractivity contribution in [3.8, 4) is 0 Å². The zero-order valence-electron chi connectivity index (χ0n) is 18.7. The molecule has 0 saturated carbocycles. The second kappa shape index (κ2) is 17.2. The molecule has 0 aromatic rings. The van der Waals surface area contributed by atoms with Crippen molar-refractivity contribution in [1.29, 1.82) is 0 Å². The summed E-state index contributed by atoms with van der Waals surface area (Å²) in [5, 5.41) is 4.98. The Morgan fingerprint density at radius 2 is 0.900 bits per heavy atom. The highest BCUT2D eigenvalue weighted by atomic mass is 16.5. The number of ether oxygens (including phenoxy) is 2. The van der Waals surface area contributed by atoms with Gasteiger partial charge in [0.2, 0.25) is 11.8 Å². The molecule has 0 aromatic carbocycles. The van der Waals surface area contributed by atoms with Gasteiger partial charge in [0.1, 0.15) is 11.4 Å². The number of esters is 2. The number of carbonyl (C=O) groups is 4. The molecule has 0 unspecified atom stereocenters. The predicted molar refractivity (Wildman–Crippen MR) is 114 cm³/mol. The third-order valence-electron chi connectivity index (χ3n) is 4.29. The Labute approximate surface area is 179 Å². The number of carbonyl (C=O) groups excluding carboxylic acids is 4. The van der Waals surface area contributed by atoms with Gasteiger partial charge in [-0.1, -0.05) is 50.7 Å². The molecule has 2 amide bonds. The third kappa shape index (κ3) is 14.4. The van der Waals surface area contributed by atoms with Crippen LogP contribution >= 0.6 is 0 Å². The van der Waals surface area contributed by atoms with Gasteiger partial charge in [-0.2, -0.15) is 0 Å². The molecule has 0 aromatic heterocycles. The normalized spacial score (nSPS) is 11.6. The summed E-state index contributed by atoms with van der Waals surface area (Å²) in [6.45, 7) is 2.71. The number of unbranched alkanes of at least 4 members (excludes halogenated alkanes) is 9. The van der Waals surface area contributed by atoms with Crippen molar-refractivity contribution in [2.75, 3.05) is 14.2 Å². The lowest BCUT2D eigenvalue weighted by Crippen LogP contribution is -2.25. The summed E-state index contributed by atoms with van der Waals surface area (Å²) >= 11 is 0. The average Bonchev–Trinajstić information content (AvgIpc) is 2.70. The Morgan fingerprint density at radius 3 is 1.17 bits per heavy atom. The monoisotopic (exact) mass is 424 g/mol. The summed E-state index contributed by atoms with van der Waals surface area (Å²) in [4.78, 5) is 45.3. The molecule has 170 valence electrons. The fraction of sp³-hybridized carbons (Fsp3) is 0.636. The van der Waals surface area contributed by atoms with E-state index in [-0.39, 0.29) is 23.2 Å². The van der Waals surface area contributed by atoms with Crippen molar-refractivity contribution in [2.45, 2.75) is 78.1 Å². The van der Waals surface area contributed by atoms with Crippen molar-refractivity contribution >= 4 is 23.8 Å². The lowest BCUT2D eigenvalue weighted by atomic mass is 10.1. The van der Waals surface area contributed by atoms with Gasteiger partial charge in [-0.15, -0.1) is 0 Å². The molecule has 0 heterocycles. The Balaban J connectivity index is 3.87. The van der Waals surface area contributed by atoms with Crippen molar-refractivity contribution < 1.29 is 28.7 Å². The van der Waals surface area contributed by atoms with Crippen LogP contribution in [0.1, 0.15) is 78.1 Å². The summed E-state index contributed by atoms with van der Waals surface area (Å²) in [7, 11) is 2.57. The summed E-state index contributed by atoms with van der Waals surface area (Å²) in [6, 6.07) is 0. The van der Waals surface area contributed by atoms with Crippen molar-refractivity contribution in [3.05, 3.63) is 23.5 Å². The summed E-state index contributed by atoms with van der Waals surface area (Å²) in [5.74, 6) is -1.65. The Bertz CT molecular complexity index is 571. The molecule has 0 aliphatic rings. The Kier molecular flexibility index (Phi) is 15.7. The molecule has 30 heavy (non-hydrogen) atoms. The van der Waals surface area contributed by atoms with E-state index in [2.05, 4.69) is 20.1 Å². The topological polar surface area (TPSA) is 111 Å². The summed E-state index contributed by atoms with van der Waals surface area (Å²) in [5.41, 5.74) is 0.404. The Hall–Kier alpha value is -2.64. The van der Waals surface area contributed by atoms with E-state index in [1.165, 1.54) is 28.1 Å². The Morgan fingerprint density at radius 1 is 0.600 bits per heavy atom. The van der Waals surface area contributed by atoms with Crippen LogP contribution in [0.5, 0.6) is 0 Å². The quantitative estimate of drug-likeness (QED) is 0.237. The minimum atomic E-state index is -0.532. The van der Waals surface area contributed by atoms with Crippen LogP contribution in [0.25, 0.3) is 0 Å². The van der Waals surface area contributed by atoms with Gasteiger partial charge in [-0.05, 0) is 25.7 Å². The van der Waals surface area contributed by atoms with Crippen molar-refractivity contribution in [1.82, 2.24) is 10.6 Å². The number of amides is 2. The molecule has 0 rings (SSSR count). The predicted octanol–water partition coefficient (Wildman–Crippen LogP) is 3.27. The maximum Gasteiger partial charge on any atom is 0.354 e. The minimum Gasteiger partial charge on any atom is -0.464 e. The SMILES string of the molecule is COC(=O)/C(=C/CCCCCCCCCC/C=C(\NC(C)=O)C(=O)OC)NC(C)=O. The first-order valence-corrected chi connectivity index (χ1v) is 10.4. The van der Waals surface area contributed by atoms with Crippen LogP contribution in [0, 0.1) is 0 Å². The van der Waals surface area contributed by atoms with Crippen LogP contribution in [-0.4, -0.2) is 38.0 Å². The van der Waals surface area contributed by atoms with Crippen molar-refractivity contribution in [3.63, 3.8) is 0 Å². The smallest absolute Gasteiger partial charge is 0.354 e. The van der Waals surface area contributed by atoms with Crippen LogP contribution in [0.3, 0.4) is 0 Å². The molecule has 0 bridgehead atoms. The molecule has 0 fully saturated rings. The fourth-order valence-corrected chi connectivity index (χ4v) is 2.81. The lowest BCUT2D eigenvalue weighted by molar-refractivity contribution is -0.138. The molecule has 0 spiro atoms. The third-order valence-corrected chi connectivity index (χ3v) is 4.29. The number of rotatable bonds is 15. The molecule has 0 aliphatic carbocycles. The molecule has 0 radical (unpaired) electrons. The molecule has 0 aliphatic heterocycles. The maximum absolute atomic E-state index is 11.5. The molecule has 2 N–H and O–H groups in total. The number of hydrogen-bond donors (Lipinski definition) is 2. The molecule has 8 nitrogen and oxygen atoms in total. The van der Waals surface area contributed by atoms with E-state index in [0.29, 0.717) is 12.8 Å². The first-order valence-electron chi connectivity index (χ1n) is 10.4. The number of allylic oxidation sites excluding steroid dienone is 2. The first-order chi connectivity index (χ1) is 14.3. The van der Waals surface area contributed by atoms with E-state index >= 15 is 0 Å². The molecular formula is C22H36N2O6. The largest absolute Gasteiger partial charge is 0.464 e. The van der Waals surface area contributed by atoms with Crippen molar-refractivity contribution in [2.24, 2.45) is 0 Å². The van der Waals surface area contributed by atoms with Gasteiger partial charge >= 0.3 is 11.9 Å². The van der Waals surface area contributed by atoms with E-state index in [4.69, 9.17) is 0 Å². The lowest BCUT2D eigenvalue weighted by Gasteiger charge is -2.06. The number of hydrogen-bond acceptors (Lipinski definition) is 6. The van der Waals surface area contributed by atoms with E-state index in [9.17, 15) is 19.2 Å². The van der Waals surface area contributed by atoms with Crippen LogP contribution in [-0.2, 0) is 28.7 Å².